The van der Waals surface area contributed by atoms with Gasteiger partial charge in [-0.15, -0.1) is 0 Å². The number of benzene rings is 2. The van der Waals surface area contributed by atoms with Crippen molar-refractivity contribution in [1.82, 2.24) is 14.1 Å². The monoisotopic (exact) mass is 460 g/mol. The lowest BCUT2D eigenvalue weighted by Crippen LogP contribution is -2.28. The maximum absolute atomic E-state index is 13.0. The van der Waals surface area contributed by atoms with Crippen molar-refractivity contribution in [3.05, 3.63) is 82.0 Å². The van der Waals surface area contributed by atoms with Crippen LogP contribution in [0.2, 0.25) is 5.02 Å². The second-order valence-electron chi connectivity index (χ2n) is 7.16. The van der Waals surface area contributed by atoms with Gasteiger partial charge in [0, 0.05) is 29.5 Å². The average Bonchev–Trinajstić information content (AvgIpc) is 3.07. The Morgan fingerprint density at radius 3 is 2.56 bits per heavy atom. The Bertz CT molecular complexity index is 1370. The second kappa shape index (κ2) is 8.16. The van der Waals surface area contributed by atoms with Gasteiger partial charge in [-0.2, -0.15) is 13.2 Å². The molecule has 0 aliphatic carbocycles. The van der Waals surface area contributed by atoms with E-state index in [4.69, 9.17) is 11.6 Å². The summed E-state index contributed by atoms with van der Waals surface area (Å²) in [7, 11) is 1.69. The van der Waals surface area contributed by atoms with Crippen LogP contribution in [0.4, 0.5) is 18.9 Å². The SMILES string of the molecule is Cn1cc(-c2ccc(Cl)cc2)c2ncn(CC(=O)Nc3cccc(C(F)(F)F)c3)c(=O)c21. The van der Waals surface area contributed by atoms with E-state index >= 15 is 0 Å². The third kappa shape index (κ3) is 4.24. The van der Waals surface area contributed by atoms with Crippen molar-refractivity contribution in [3.8, 4) is 11.1 Å². The van der Waals surface area contributed by atoms with Gasteiger partial charge in [0.25, 0.3) is 5.56 Å². The molecule has 0 spiro atoms. The largest absolute Gasteiger partial charge is 0.416 e. The summed E-state index contributed by atoms with van der Waals surface area (Å²) in [6, 6.07) is 11.4. The molecule has 0 saturated carbocycles. The van der Waals surface area contributed by atoms with Crippen LogP contribution in [0.25, 0.3) is 22.2 Å². The minimum atomic E-state index is -4.53. The molecular weight excluding hydrogens is 445 g/mol. The van der Waals surface area contributed by atoms with Crippen molar-refractivity contribution in [1.29, 1.82) is 0 Å². The molecule has 0 radical (unpaired) electrons. The molecule has 0 bridgehead atoms. The molecule has 0 aliphatic heterocycles. The molecule has 164 valence electrons. The molecule has 10 heteroatoms. The Morgan fingerprint density at radius 2 is 1.88 bits per heavy atom. The number of halogens is 4. The van der Waals surface area contributed by atoms with E-state index in [0.29, 0.717) is 16.1 Å². The van der Waals surface area contributed by atoms with Crippen molar-refractivity contribution in [2.75, 3.05) is 5.32 Å². The lowest BCUT2D eigenvalue weighted by molar-refractivity contribution is -0.137. The van der Waals surface area contributed by atoms with Crippen molar-refractivity contribution >= 4 is 34.2 Å². The van der Waals surface area contributed by atoms with Gasteiger partial charge in [-0.05, 0) is 35.9 Å². The molecule has 2 aromatic carbocycles. The Kier molecular flexibility index (Phi) is 5.52. The van der Waals surface area contributed by atoms with E-state index in [-0.39, 0.29) is 5.69 Å². The van der Waals surface area contributed by atoms with Crippen molar-refractivity contribution < 1.29 is 18.0 Å². The summed E-state index contributed by atoms with van der Waals surface area (Å²) >= 11 is 5.94. The Labute approximate surface area is 184 Å². The first kappa shape index (κ1) is 21.6. The molecule has 32 heavy (non-hydrogen) atoms. The summed E-state index contributed by atoms with van der Waals surface area (Å²) in [6.45, 7) is -0.403. The van der Waals surface area contributed by atoms with E-state index in [1.165, 1.54) is 18.5 Å². The molecule has 1 N–H and O–H groups in total. The highest BCUT2D eigenvalue weighted by Crippen LogP contribution is 2.31. The van der Waals surface area contributed by atoms with Crippen LogP contribution in [0, 0.1) is 0 Å². The van der Waals surface area contributed by atoms with Gasteiger partial charge in [0.1, 0.15) is 17.6 Å². The zero-order chi connectivity index (χ0) is 23.0. The molecule has 4 aromatic rings. The van der Waals surface area contributed by atoms with Crippen LogP contribution >= 0.6 is 11.6 Å². The van der Waals surface area contributed by atoms with Crippen molar-refractivity contribution in [2.24, 2.45) is 7.05 Å². The summed E-state index contributed by atoms with van der Waals surface area (Å²) in [4.78, 5) is 29.7. The molecule has 0 saturated heterocycles. The number of amides is 1. The quantitative estimate of drug-likeness (QED) is 0.479. The topological polar surface area (TPSA) is 68.9 Å². The molecular formula is C22H16ClF3N4O2. The van der Waals surface area contributed by atoms with Crippen molar-refractivity contribution in [2.45, 2.75) is 12.7 Å². The highest BCUT2D eigenvalue weighted by atomic mass is 35.5. The van der Waals surface area contributed by atoms with Crippen LogP contribution in [0.5, 0.6) is 0 Å². The summed E-state index contributed by atoms with van der Waals surface area (Å²) in [5, 5.41) is 2.96. The molecule has 0 aliphatic rings. The number of rotatable bonds is 4. The van der Waals surface area contributed by atoms with Crippen LogP contribution in [0.15, 0.2) is 65.8 Å². The fourth-order valence-electron chi connectivity index (χ4n) is 3.39. The molecule has 6 nitrogen and oxygen atoms in total. The Balaban J connectivity index is 1.61. The third-order valence-electron chi connectivity index (χ3n) is 4.89. The first-order valence-corrected chi connectivity index (χ1v) is 9.79. The van der Waals surface area contributed by atoms with Gasteiger partial charge in [-0.3, -0.25) is 14.2 Å². The predicted octanol–water partition coefficient (Wildman–Crippen LogP) is 4.71. The standard InChI is InChI=1S/C22H16ClF3N4O2/c1-29-10-17(13-5-7-15(23)8-6-13)19-20(29)21(32)30(12-27-19)11-18(31)28-16-4-2-3-14(9-16)22(24,25)26/h2-10,12H,11H2,1H3,(H,28,31). The van der Waals surface area contributed by atoms with E-state index in [2.05, 4.69) is 10.3 Å². The number of nitrogens with one attached hydrogen (secondary N) is 1. The van der Waals surface area contributed by atoms with E-state index in [1.54, 1.807) is 29.9 Å². The van der Waals surface area contributed by atoms with Crippen LogP contribution in [0.3, 0.4) is 0 Å². The summed E-state index contributed by atoms with van der Waals surface area (Å²) in [6.07, 6.45) is -1.52. The number of aromatic nitrogens is 3. The highest BCUT2D eigenvalue weighted by Gasteiger charge is 2.30. The smallest absolute Gasteiger partial charge is 0.344 e. The van der Waals surface area contributed by atoms with E-state index < -0.39 is 29.8 Å². The highest BCUT2D eigenvalue weighted by molar-refractivity contribution is 6.30. The van der Waals surface area contributed by atoms with Crippen LogP contribution in [0.1, 0.15) is 5.56 Å². The number of hydrogen-bond donors (Lipinski definition) is 1. The predicted molar refractivity (Wildman–Crippen MR) is 115 cm³/mol. The fraction of sp³-hybridized carbons (Fsp3) is 0.136. The average molecular weight is 461 g/mol. The number of nitrogens with zero attached hydrogens (tertiary/aromatic N) is 3. The first-order chi connectivity index (χ1) is 15.1. The number of fused-ring (bicyclic) bond motifs is 1. The Morgan fingerprint density at radius 1 is 1.16 bits per heavy atom. The summed E-state index contributed by atoms with van der Waals surface area (Å²) in [5.74, 6) is -0.653. The van der Waals surface area contributed by atoms with Gasteiger partial charge in [-0.25, -0.2) is 4.98 Å². The zero-order valence-electron chi connectivity index (χ0n) is 16.7. The number of hydrogen-bond acceptors (Lipinski definition) is 3. The lowest BCUT2D eigenvalue weighted by atomic mass is 10.1. The van der Waals surface area contributed by atoms with Gasteiger partial charge in [0.05, 0.1) is 11.9 Å². The van der Waals surface area contributed by atoms with Crippen LogP contribution < -0.4 is 10.9 Å². The van der Waals surface area contributed by atoms with Gasteiger partial charge >= 0.3 is 6.18 Å². The minimum absolute atomic E-state index is 0.0178. The van der Waals surface area contributed by atoms with E-state index in [1.807, 2.05) is 12.1 Å². The molecule has 0 fully saturated rings. The fourth-order valence-corrected chi connectivity index (χ4v) is 3.52. The molecule has 4 rings (SSSR count). The zero-order valence-corrected chi connectivity index (χ0v) is 17.4. The molecule has 2 heterocycles. The molecule has 1 amide bonds. The maximum Gasteiger partial charge on any atom is 0.416 e. The Hall–Kier alpha value is -3.59. The number of aryl methyl sites for hydroxylation is 1. The maximum atomic E-state index is 13.0. The summed E-state index contributed by atoms with van der Waals surface area (Å²) in [5.41, 5.74) is 0.976. The first-order valence-electron chi connectivity index (χ1n) is 9.41. The number of carbonyl (C=O) groups is 1. The molecule has 0 unspecified atom stereocenters. The van der Waals surface area contributed by atoms with Crippen molar-refractivity contribution in [3.63, 3.8) is 0 Å². The van der Waals surface area contributed by atoms with E-state index in [0.717, 1.165) is 27.8 Å². The molecule has 2 aromatic heterocycles. The van der Waals surface area contributed by atoms with Crippen LogP contribution in [-0.2, 0) is 24.6 Å². The van der Waals surface area contributed by atoms with Gasteiger partial charge < -0.3 is 9.88 Å². The van der Waals surface area contributed by atoms with Gasteiger partial charge in [0.15, 0.2) is 0 Å². The number of carbonyl (C=O) groups excluding carboxylic acids is 1. The summed E-state index contributed by atoms with van der Waals surface area (Å²) < 4.78 is 41.3. The second-order valence-corrected chi connectivity index (χ2v) is 7.60. The normalized spacial score (nSPS) is 11.7. The van der Waals surface area contributed by atoms with E-state index in [9.17, 15) is 22.8 Å². The number of anilines is 1. The van der Waals surface area contributed by atoms with Gasteiger partial charge in [0.2, 0.25) is 5.91 Å². The minimum Gasteiger partial charge on any atom is -0.344 e. The lowest BCUT2D eigenvalue weighted by Gasteiger charge is -2.10. The third-order valence-corrected chi connectivity index (χ3v) is 5.14. The number of alkyl halides is 3. The molecule has 0 atom stereocenters. The van der Waals surface area contributed by atoms with Gasteiger partial charge in [-0.1, -0.05) is 29.8 Å². The van der Waals surface area contributed by atoms with Crippen LogP contribution in [-0.4, -0.2) is 20.0 Å².